The third-order valence-corrected chi connectivity index (χ3v) is 2.60. The average Bonchev–Trinajstić information content (AvgIpc) is 2.17. The summed E-state index contributed by atoms with van der Waals surface area (Å²) in [6, 6.07) is 0. The number of carbonyl (C=O) groups excluding carboxylic acids is 1. The van der Waals surface area contributed by atoms with E-state index in [2.05, 4.69) is 21.1 Å². The predicted octanol–water partition coefficient (Wildman–Crippen LogP) is -1.68. The molecule has 1 aliphatic heterocycles. The number of piperidine rings is 1. The Morgan fingerprint density at radius 2 is 1.75 bits per heavy atom. The van der Waals surface area contributed by atoms with Gasteiger partial charge in [0.1, 0.15) is 13.2 Å². The van der Waals surface area contributed by atoms with Crippen LogP contribution < -0.4 is 24.0 Å². The molecule has 1 aliphatic rings. The van der Waals surface area contributed by atoms with E-state index in [1.165, 1.54) is 6.42 Å². The third kappa shape index (κ3) is 6.52. The first kappa shape index (κ1) is 16.0. The molecule has 96 valence electrons. The molecule has 0 aliphatic carbocycles. The first-order chi connectivity index (χ1) is 6.99. The zero-order chi connectivity index (χ0) is 11.3. The maximum Gasteiger partial charge on any atom is 0.409 e. The first-order valence-electron chi connectivity index (χ1n) is 5.71. The smallest absolute Gasteiger partial charge is 0.409 e. The molecule has 0 aromatic rings. The summed E-state index contributed by atoms with van der Waals surface area (Å²) >= 11 is 0. The van der Waals surface area contributed by atoms with Gasteiger partial charge in [0.15, 0.2) is 0 Å². The minimum absolute atomic E-state index is 0. The van der Waals surface area contributed by atoms with Gasteiger partial charge in [-0.25, -0.2) is 4.79 Å². The second kappa shape index (κ2) is 7.32. The summed E-state index contributed by atoms with van der Waals surface area (Å²) in [5.41, 5.74) is 0. The Morgan fingerprint density at radius 3 is 2.25 bits per heavy atom. The third-order valence-electron chi connectivity index (χ3n) is 2.60. The summed E-state index contributed by atoms with van der Waals surface area (Å²) < 4.78 is 6.06. The fourth-order valence-electron chi connectivity index (χ4n) is 1.57. The van der Waals surface area contributed by atoms with E-state index in [1.807, 2.05) is 4.90 Å². The summed E-state index contributed by atoms with van der Waals surface area (Å²) in [7, 11) is 6.28. The zero-order valence-corrected chi connectivity index (χ0v) is 12.7. The molecule has 0 N–H and O–H groups in total. The minimum Gasteiger partial charge on any atom is -1.00 e. The van der Waals surface area contributed by atoms with Crippen molar-refractivity contribution >= 4 is 6.09 Å². The van der Waals surface area contributed by atoms with Crippen molar-refractivity contribution in [2.75, 3.05) is 47.4 Å². The van der Waals surface area contributed by atoms with E-state index in [9.17, 15) is 4.79 Å². The van der Waals surface area contributed by atoms with Crippen LogP contribution in [0.1, 0.15) is 19.3 Å². The molecule has 0 atom stereocenters. The largest absolute Gasteiger partial charge is 1.00 e. The highest BCUT2D eigenvalue weighted by Gasteiger charge is 2.18. The van der Waals surface area contributed by atoms with E-state index in [-0.39, 0.29) is 30.1 Å². The molecule has 16 heavy (non-hydrogen) atoms. The fourth-order valence-corrected chi connectivity index (χ4v) is 1.57. The van der Waals surface area contributed by atoms with Gasteiger partial charge < -0.3 is 38.1 Å². The molecule has 5 heteroatoms. The number of halogens is 1. The highest BCUT2D eigenvalue weighted by Crippen LogP contribution is 2.09. The van der Waals surface area contributed by atoms with Gasteiger partial charge >= 0.3 is 6.09 Å². The van der Waals surface area contributed by atoms with E-state index in [4.69, 9.17) is 4.74 Å². The van der Waals surface area contributed by atoms with Crippen LogP contribution in [-0.2, 0) is 4.74 Å². The number of hydrogen-bond donors (Lipinski definition) is 0. The highest BCUT2D eigenvalue weighted by atomic mass is 127. The number of quaternary nitrogens is 1. The molecule has 0 aromatic heterocycles. The van der Waals surface area contributed by atoms with E-state index in [1.54, 1.807) is 0 Å². The number of ether oxygens (including phenoxy) is 1. The van der Waals surface area contributed by atoms with Gasteiger partial charge in [-0.05, 0) is 19.3 Å². The van der Waals surface area contributed by atoms with Gasteiger partial charge in [0.25, 0.3) is 0 Å². The van der Waals surface area contributed by atoms with Crippen LogP contribution in [0.25, 0.3) is 0 Å². The van der Waals surface area contributed by atoms with Crippen LogP contribution in [0.3, 0.4) is 0 Å². The number of likely N-dealkylation sites (N-methyl/N-ethyl adjacent to an activating group) is 1. The maximum atomic E-state index is 11.6. The maximum absolute atomic E-state index is 11.6. The summed E-state index contributed by atoms with van der Waals surface area (Å²) in [5, 5.41) is 0. The normalized spacial score (nSPS) is 16.6. The van der Waals surface area contributed by atoms with Crippen LogP contribution in [0.4, 0.5) is 4.79 Å². The lowest BCUT2D eigenvalue weighted by Crippen LogP contribution is -3.00. The molecule has 0 saturated carbocycles. The lowest BCUT2D eigenvalue weighted by molar-refractivity contribution is -0.870. The monoisotopic (exact) mass is 342 g/mol. The van der Waals surface area contributed by atoms with Gasteiger partial charge in [-0.2, -0.15) is 0 Å². The van der Waals surface area contributed by atoms with Crippen LogP contribution in [-0.4, -0.2) is 62.9 Å². The van der Waals surface area contributed by atoms with Crippen LogP contribution in [0.2, 0.25) is 0 Å². The molecular weight excluding hydrogens is 319 g/mol. The predicted molar refractivity (Wildman–Crippen MR) is 59.7 cm³/mol. The van der Waals surface area contributed by atoms with Crippen LogP contribution >= 0.6 is 0 Å². The van der Waals surface area contributed by atoms with E-state index >= 15 is 0 Å². The van der Waals surface area contributed by atoms with Crippen molar-refractivity contribution in [2.24, 2.45) is 0 Å². The number of hydrogen-bond acceptors (Lipinski definition) is 2. The minimum atomic E-state index is -0.136. The summed E-state index contributed by atoms with van der Waals surface area (Å²) in [6.45, 7) is 3.10. The number of rotatable bonds is 3. The molecule has 0 radical (unpaired) electrons. The molecule has 1 amide bonds. The number of amides is 1. The molecule has 4 nitrogen and oxygen atoms in total. The van der Waals surface area contributed by atoms with Gasteiger partial charge in [0, 0.05) is 13.1 Å². The van der Waals surface area contributed by atoms with Gasteiger partial charge in [0.2, 0.25) is 0 Å². The van der Waals surface area contributed by atoms with E-state index in [0.29, 0.717) is 6.61 Å². The molecule has 1 heterocycles. The molecule has 0 aromatic carbocycles. The quantitative estimate of drug-likeness (QED) is 0.453. The fraction of sp³-hybridized carbons (Fsp3) is 0.909. The number of carbonyl (C=O) groups is 1. The van der Waals surface area contributed by atoms with Crippen LogP contribution in [0.5, 0.6) is 0 Å². The van der Waals surface area contributed by atoms with E-state index < -0.39 is 0 Å². The van der Waals surface area contributed by atoms with Crippen molar-refractivity contribution in [3.8, 4) is 0 Å². The molecular formula is C11H23IN2O2. The molecule has 1 fully saturated rings. The second-order valence-corrected chi connectivity index (χ2v) is 5.18. The summed E-state index contributed by atoms with van der Waals surface area (Å²) in [6.07, 6.45) is 3.33. The summed E-state index contributed by atoms with van der Waals surface area (Å²) in [4.78, 5) is 13.4. The Kier molecular flexibility index (Phi) is 7.30. The van der Waals surface area contributed by atoms with Gasteiger partial charge in [-0.15, -0.1) is 0 Å². The van der Waals surface area contributed by atoms with Crippen molar-refractivity contribution in [1.82, 2.24) is 4.90 Å². The highest BCUT2D eigenvalue weighted by molar-refractivity contribution is 5.67. The zero-order valence-electron chi connectivity index (χ0n) is 10.5. The van der Waals surface area contributed by atoms with Crippen LogP contribution in [0.15, 0.2) is 0 Å². The van der Waals surface area contributed by atoms with Crippen molar-refractivity contribution in [3.05, 3.63) is 0 Å². The van der Waals surface area contributed by atoms with Crippen molar-refractivity contribution in [2.45, 2.75) is 19.3 Å². The van der Waals surface area contributed by atoms with Crippen LogP contribution in [0, 0.1) is 0 Å². The average molecular weight is 342 g/mol. The first-order valence-corrected chi connectivity index (χ1v) is 5.71. The Hall–Kier alpha value is -0.0400. The lowest BCUT2D eigenvalue weighted by Gasteiger charge is -2.27. The van der Waals surface area contributed by atoms with Crippen molar-refractivity contribution in [1.29, 1.82) is 0 Å². The molecule has 0 bridgehead atoms. The lowest BCUT2D eigenvalue weighted by atomic mass is 10.1. The molecule has 0 unspecified atom stereocenters. The van der Waals surface area contributed by atoms with Gasteiger partial charge in [0.05, 0.1) is 21.1 Å². The van der Waals surface area contributed by atoms with Gasteiger partial charge in [-0.3, -0.25) is 0 Å². The second-order valence-electron chi connectivity index (χ2n) is 5.18. The molecule has 1 rings (SSSR count). The summed E-state index contributed by atoms with van der Waals surface area (Å²) in [5.74, 6) is 0. The van der Waals surface area contributed by atoms with Crippen molar-refractivity contribution in [3.63, 3.8) is 0 Å². The number of likely N-dealkylation sites (tertiary alicyclic amines) is 1. The SMILES string of the molecule is C[N+](C)(C)CCOC(=O)N1CCCCC1.[I-]. The Balaban J connectivity index is 0.00000225. The Morgan fingerprint density at radius 1 is 1.19 bits per heavy atom. The molecule has 1 saturated heterocycles. The Bertz CT molecular complexity index is 211. The molecule has 0 spiro atoms. The Labute approximate surface area is 116 Å². The standard InChI is InChI=1S/C11H23N2O2.HI/c1-13(2,3)9-10-15-11(14)12-7-5-4-6-8-12;/h4-10H2,1-3H3;1H/q+1;/p-1. The van der Waals surface area contributed by atoms with Crippen molar-refractivity contribution < 1.29 is 38.0 Å². The van der Waals surface area contributed by atoms with E-state index in [0.717, 1.165) is 37.0 Å². The topological polar surface area (TPSA) is 29.5 Å². The number of nitrogens with zero attached hydrogens (tertiary/aromatic N) is 2. The van der Waals surface area contributed by atoms with Gasteiger partial charge in [-0.1, -0.05) is 0 Å².